The van der Waals surface area contributed by atoms with Gasteiger partial charge in [-0.1, -0.05) is 48.5 Å². The first kappa shape index (κ1) is 17.9. The van der Waals surface area contributed by atoms with Crippen LogP contribution in [0.4, 0.5) is 0 Å². The predicted molar refractivity (Wildman–Crippen MR) is 108 cm³/mol. The predicted octanol–water partition coefficient (Wildman–Crippen LogP) is 2.36. The number of ether oxygens (including phenoxy) is 1. The van der Waals surface area contributed by atoms with Crippen LogP contribution >= 0.6 is 0 Å². The van der Waals surface area contributed by atoms with Crippen molar-refractivity contribution in [2.24, 2.45) is 0 Å². The van der Waals surface area contributed by atoms with Crippen LogP contribution in [0.3, 0.4) is 0 Å². The van der Waals surface area contributed by atoms with Gasteiger partial charge in [-0.05, 0) is 18.7 Å². The molecule has 2 saturated heterocycles. The van der Waals surface area contributed by atoms with E-state index in [0.717, 1.165) is 49.4 Å². The van der Waals surface area contributed by atoms with Crippen LogP contribution in [0, 0.1) is 0 Å². The summed E-state index contributed by atoms with van der Waals surface area (Å²) in [7, 11) is 2.18. The molecule has 28 heavy (non-hydrogen) atoms. The number of benzene rings is 2. The molecule has 0 bridgehead atoms. The summed E-state index contributed by atoms with van der Waals surface area (Å²) in [5, 5.41) is 0. The second-order valence-corrected chi connectivity index (χ2v) is 8.11. The molecule has 0 radical (unpaired) electrons. The van der Waals surface area contributed by atoms with Crippen LogP contribution in [0.1, 0.15) is 27.4 Å². The highest BCUT2D eigenvalue weighted by Crippen LogP contribution is 2.51. The second kappa shape index (κ2) is 6.99. The first-order valence-corrected chi connectivity index (χ1v) is 10.2. The number of nitrogens with zero attached hydrogens (tertiary/aromatic N) is 3. The number of carbonyl (C=O) groups is 1. The van der Waals surface area contributed by atoms with E-state index in [9.17, 15) is 4.79 Å². The molecule has 0 spiro atoms. The quantitative estimate of drug-likeness (QED) is 0.823. The van der Waals surface area contributed by atoms with Gasteiger partial charge in [-0.3, -0.25) is 9.69 Å². The average molecular weight is 377 g/mol. The van der Waals surface area contributed by atoms with Crippen LogP contribution in [0.15, 0.2) is 54.6 Å². The highest BCUT2D eigenvalue weighted by molar-refractivity contribution is 5.98. The van der Waals surface area contributed by atoms with E-state index in [4.69, 9.17) is 4.74 Å². The van der Waals surface area contributed by atoms with E-state index < -0.39 is 5.72 Å². The summed E-state index contributed by atoms with van der Waals surface area (Å²) >= 11 is 0. The number of fused-ring (bicyclic) bond motifs is 2. The minimum Gasteiger partial charge on any atom is -0.349 e. The van der Waals surface area contributed by atoms with Crippen molar-refractivity contribution >= 4 is 5.91 Å². The summed E-state index contributed by atoms with van der Waals surface area (Å²) in [6.07, 6.45) is 0. The fourth-order valence-electron chi connectivity index (χ4n) is 5.06. The second-order valence-electron chi connectivity index (χ2n) is 8.11. The van der Waals surface area contributed by atoms with E-state index in [-0.39, 0.29) is 11.8 Å². The molecule has 5 rings (SSSR count). The van der Waals surface area contributed by atoms with E-state index >= 15 is 0 Å². The normalized spacial score (nSPS) is 28.2. The smallest absolute Gasteiger partial charge is 0.256 e. The number of hydrogen-bond acceptors (Lipinski definition) is 4. The van der Waals surface area contributed by atoms with Gasteiger partial charge >= 0.3 is 0 Å². The Morgan fingerprint density at radius 3 is 2.46 bits per heavy atom. The third-order valence-corrected chi connectivity index (χ3v) is 6.55. The van der Waals surface area contributed by atoms with Gasteiger partial charge in [0.2, 0.25) is 0 Å². The number of likely N-dealkylation sites (N-methyl/N-ethyl adjacent to an activating group) is 1. The topological polar surface area (TPSA) is 36.0 Å². The zero-order chi connectivity index (χ0) is 19.1. The SMILES string of the molecule is CN1CCN(C[C@@H]2c3ccccc3C(=O)N3CCO[C@]23c2ccccc2)CC1. The van der Waals surface area contributed by atoms with E-state index in [1.807, 2.05) is 41.3 Å². The number of carbonyl (C=O) groups excluding carboxylic acids is 1. The highest BCUT2D eigenvalue weighted by atomic mass is 16.5. The maximum Gasteiger partial charge on any atom is 0.256 e. The Bertz CT molecular complexity index is 863. The standard InChI is InChI=1S/C23H27N3O2/c1-24-11-13-25(14-12-24)17-21-19-9-5-6-10-20(19)22(27)26-15-16-28-23(21,26)18-7-3-2-4-8-18/h2-10,21H,11-17H2,1H3/t21-,23-/m1/s1. The van der Waals surface area contributed by atoms with Gasteiger partial charge in [0.15, 0.2) is 5.72 Å². The number of rotatable bonds is 3. The molecule has 0 aliphatic carbocycles. The lowest BCUT2D eigenvalue weighted by atomic mass is 9.76. The van der Waals surface area contributed by atoms with E-state index in [1.54, 1.807) is 0 Å². The first-order chi connectivity index (χ1) is 13.7. The Kier molecular flexibility index (Phi) is 4.46. The molecule has 3 aliphatic rings. The van der Waals surface area contributed by atoms with Crippen LogP contribution in [-0.2, 0) is 10.5 Å². The van der Waals surface area contributed by atoms with Gasteiger partial charge in [-0.15, -0.1) is 0 Å². The zero-order valence-electron chi connectivity index (χ0n) is 16.4. The third-order valence-electron chi connectivity index (χ3n) is 6.55. The minimum absolute atomic E-state index is 0.0894. The molecule has 2 fully saturated rings. The molecule has 5 heteroatoms. The maximum atomic E-state index is 13.4. The van der Waals surface area contributed by atoms with Crippen LogP contribution in [0.25, 0.3) is 0 Å². The van der Waals surface area contributed by atoms with Gasteiger partial charge in [-0.2, -0.15) is 0 Å². The molecule has 146 valence electrons. The molecule has 5 nitrogen and oxygen atoms in total. The van der Waals surface area contributed by atoms with Gasteiger partial charge in [0.05, 0.1) is 12.5 Å². The van der Waals surface area contributed by atoms with Crippen molar-refractivity contribution in [1.29, 1.82) is 0 Å². The fraction of sp³-hybridized carbons (Fsp3) is 0.435. The first-order valence-electron chi connectivity index (χ1n) is 10.2. The summed E-state index contributed by atoms with van der Waals surface area (Å²) in [4.78, 5) is 20.3. The van der Waals surface area contributed by atoms with Crippen molar-refractivity contribution in [3.63, 3.8) is 0 Å². The molecule has 0 unspecified atom stereocenters. The molecule has 0 saturated carbocycles. The van der Waals surface area contributed by atoms with Crippen LogP contribution < -0.4 is 0 Å². The molecular weight excluding hydrogens is 350 g/mol. The van der Waals surface area contributed by atoms with Crippen LogP contribution in [-0.4, -0.2) is 73.5 Å². The zero-order valence-corrected chi connectivity index (χ0v) is 16.4. The van der Waals surface area contributed by atoms with Gasteiger partial charge in [0, 0.05) is 50.4 Å². The van der Waals surface area contributed by atoms with Crippen molar-refractivity contribution in [3.05, 3.63) is 71.3 Å². The lowest BCUT2D eigenvalue weighted by molar-refractivity contribution is -0.107. The Morgan fingerprint density at radius 2 is 1.68 bits per heavy atom. The van der Waals surface area contributed by atoms with Gasteiger partial charge in [0.1, 0.15) is 0 Å². The van der Waals surface area contributed by atoms with Crippen molar-refractivity contribution in [2.45, 2.75) is 11.6 Å². The lowest BCUT2D eigenvalue weighted by Gasteiger charge is -2.49. The van der Waals surface area contributed by atoms with Crippen LogP contribution in [0.5, 0.6) is 0 Å². The number of piperazine rings is 1. The molecule has 3 heterocycles. The Labute approximate surface area is 166 Å². The molecule has 2 aromatic rings. The van der Waals surface area contributed by atoms with Crippen molar-refractivity contribution < 1.29 is 9.53 Å². The number of hydrogen-bond donors (Lipinski definition) is 0. The van der Waals surface area contributed by atoms with Gasteiger partial charge in [0.25, 0.3) is 5.91 Å². The monoisotopic (exact) mass is 377 g/mol. The van der Waals surface area contributed by atoms with Crippen molar-refractivity contribution in [2.75, 3.05) is 52.9 Å². The fourth-order valence-corrected chi connectivity index (χ4v) is 5.06. The van der Waals surface area contributed by atoms with E-state index in [2.05, 4.69) is 35.0 Å². The molecule has 2 atom stereocenters. The van der Waals surface area contributed by atoms with Gasteiger partial charge in [-0.25, -0.2) is 0 Å². The number of amides is 1. The molecule has 0 N–H and O–H groups in total. The summed E-state index contributed by atoms with van der Waals surface area (Å²) in [5.41, 5.74) is 2.32. The Morgan fingerprint density at radius 1 is 0.964 bits per heavy atom. The molecular formula is C23H27N3O2. The summed E-state index contributed by atoms with van der Waals surface area (Å²) in [5.74, 6) is 0.182. The summed E-state index contributed by atoms with van der Waals surface area (Å²) < 4.78 is 6.50. The summed E-state index contributed by atoms with van der Waals surface area (Å²) in [6.45, 7) is 6.37. The van der Waals surface area contributed by atoms with E-state index in [0.29, 0.717) is 13.2 Å². The third kappa shape index (κ3) is 2.69. The minimum atomic E-state index is -0.712. The Balaban J connectivity index is 1.62. The van der Waals surface area contributed by atoms with Gasteiger partial charge < -0.3 is 14.5 Å². The van der Waals surface area contributed by atoms with Crippen LogP contribution in [0.2, 0.25) is 0 Å². The van der Waals surface area contributed by atoms with E-state index in [1.165, 1.54) is 0 Å². The van der Waals surface area contributed by atoms with Crippen molar-refractivity contribution in [3.8, 4) is 0 Å². The molecule has 0 aromatic heterocycles. The largest absolute Gasteiger partial charge is 0.349 e. The molecule has 1 amide bonds. The Hall–Kier alpha value is -2.21. The molecule has 2 aromatic carbocycles. The lowest BCUT2D eigenvalue weighted by Crippen LogP contribution is -2.57. The molecule has 3 aliphatic heterocycles. The summed E-state index contributed by atoms with van der Waals surface area (Å²) in [6, 6.07) is 18.4. The maximum absolute atomic E-state index is 13.4. The average Bonchev–Trinajstić information content (AvgIpc) is 3.20. The van der Waals surface area contributed by atoms with Crippen molar-refractivity contribution in [1.82, 2.24) is 14.7 Å². The highest BCUT2D eigenvalue weighted by Gasteiger charge is 2.56.